The second-order valence-electron chi connectivity index (χ2n) is 4.02. The van der Waals surface area contributed by atoms with Crippen LogP contribution < -0.4 is 15.4 Å². The molecule has 1 aromatic heterocycles. The van der Waals surface area contributed by atoms with Crippen LogP contribution in [0.4, 0.5) is 20.3 Å². The van der Waals surface area contributed by atoms with Crippen molar-refractivity contribution in [2.45, 2.75) is 6.61 Å². The number of benzene rings is 1. The Labute approximate surface area is 120 Å². The number of aromatic nitrogens is 1. The summed E-state index contributed by atoms with van der Waals surface area (Å²) in [6.45, 7) is -2.88. The normalized spacial score (nSPS) is 10.3. The van der Waals surface area contributed by atoms with E-state index < -0.39 is 12.5 Å². The molecule has 0 fully saturated rings. The van der Waals surface area contributed by atoms with Gasteiger partial charge in [0.1, 0.15) is 17.3 Å². The predicted molar refractivity (Wildman–Crippen MR) is 74.8 cm³/mol. The maximum atomic E-state index is 12.0. The minimum atomic E-state index is -2.88. The highest BCUT2D eigenvalue weighted by Gasteiger charge is 2.09. The van der Waals surface area contributed by atoms with Gasteiger partial charge in [-0.2, -0.15) is 8.78 Å². The van der Waals surface area contributed by atoms with Crippen LogP contribution in [-0.2, 0) is 0 Å². The van der Waals surface area contributed by atoms with E-state index in [2.05, 4.69) is 20.4 Å². The van der Waals surface area contributed by atoms with E-state index in [1.165, 1.54) is 24.3 Å². The number of amides is 1. The number of nitrogens with one attached hydrogen (secondary N) is 2. The minimum Gasteiger partial charge on any atom is -0.435 e. The molecule has 21 heavy (non-hydrogen) atoms. The van der Waals surface area contributed by atoms with Crippen LogP contribution in [0.3, 0.4) is 0 Å². The molecular weight excluding hydrogens is 280 g/mol. The van der Waals surface area contributed by atoms with Gasteiger partial charge >= 0.3 is 6.61 Å². The molecule has 7 heteroatoms. The van der Waals surface area contributed by atoms with Gasteiger partial charge < -0.3 is 15.4 Å². The Balaban J connectivity index is 2.05. The molecule has 0 unspecified atom stereocenters. The number of nitrogens with zero attached hydrogens (tertiary/aromatic N) is 1. The van der Waals surface area contributed by atoms with Crippen LogP contribution in [0.5, 0.6) is 5.75 Å². The van der Waals surface area contributed by atoms with Crippen LogP contribution in [0.25, 0.3) is 0 Å². The maximum absolute atomic E-state index is 12.0. The average Bonchev–Trinajstić information content (AvgIpc) is 2.49. The smallest absolute Gasteiger partial charge is 0.387 e. The van der Waals surface area contributed by atoms with E-state index in [4.69, 9.17) is 0 Å². The SMILES string of the molecule is CNc1cccc(C(=O)Nc2ccc(OC(F)F)cc2)n1. The molecule has 1 amide bonds. The highest BCUT2D eigenvalue weighted by Crippen LogP contribution is 2.18. The molecule has 110 valence electrons. The first-order valence-electron chi connectivity index (χ1n) is 6.09. The molecule has 0 aliphatic heterocycles. The van der Waals surface area contributed by atoms with E-state index >= 15 is 0 Å². The van der Waals surface area contributed by atoms with Crippen LogP contribution in [0.1, 0.15) is 10.5 Å². The molecule has 0 bridgehead atoms. The van der Waals surface area contributed by atoms with Crippen LogP contribution in [0, 0.1) is 0 Å². The molecule has 0 aliphatic rings. The number of carbonyl (C=O) groups is 1. The molecule has 1 heterocycles. The number of hydrogen-bond donors (Lipinski definition) is 2. The number of alkyl halides is 2. The summed E-state index contributed by atoms with van der Waals surface area (Å²) in [6, 6.07) is 10.6. The van der Waals surface area contributed by atoms with E-state index in [1.54, 1.807) is 25.2 Å². The molecule has 1 aromatic carbocycles. The summed E-state index contributed by atoms with van der Waals surface area (Å²) < 4.78 is 28.3. The van der Waals surface area contributed by atoms with E-state index in [0.717, 1.165) is 0 Å². The third-order valence-corrected chi connectivity index (χ3v) is 2.58. The highest BCUT2D eigenvalue weighted by atomic mass is 19.3. The summed E-state index contributed by atoms with van der Waals surface area (Å²) in [5.41, 5.74) is 0.702. The van der Waals surface area contributed by atoms with E-state index in [9.17, 15) is 13.6 Å². The molecule has 0 saturated heterocycles. The Morgan fingerprint density at radius 2 is 1.90 bits per heavy atom. The van der Waals surface area contributed by atoms with Gasteiger partial charge in [-0.15, -0.1) is 0 Å². The summed E-state index contributed by atoms with van der Waals surface area (Å²) in [7, 11) is 1.70. The molecule has 2 rings (SSSR count). The lowest BCUT2D eigenvalue weighted by molar-refractivity contribution is -0.0498. The zero-order chi connectivity index (χ0) is 15.2. The maximum Gasteiger partial charge on any atom is 0.387 e. The van der Waals surface area contributed by atoms with E-state index in [1.807, 2.05) is 0 Å². The summed E-state index contributed by atoms with van der Waals surface area (Å²) in [4.78, 5) is 16.1. The number of halogens is 2. The first-order chi connectivity index (χ1) is 10.1. The number of carbonyl (C=O) groups excluding carboxylic acids is 1. The quantitative estimate of drug-likeness (QED) is 0.889. The number of rotatable bonds is 5. The number of anilines is 2. The lowest BCUT2D eigenvalue weighted by atomic mass is 10.2. The summed E-state index contributed by atoms with van der Waals surface area (Å²) in [5, 5.41) is 5.45. The predicted octanol–water partition coefficient (Wildman–Crippen LogP) is 2.98. The second kappa shape index (κ2) is 6.65. The van der Waals surface area contributed by atoms with Crippen LogP contribution in [0.15, 0.2) is 42.5 Å². The summed E-state index contributed by atoms with van der Waals surface area (Å²) >= 11 is 0. The number of pyridine rings is 1. The van der Waals surface area contributed by atoms with Gasteiger partial charge in [-0.3, -0.25) is 4.79 Å². The molecule has 0 atom stereocenters. The van der Waals surface area contributed by atoms with Gasteiger partial charge in [0.2, 0.25) is 0 Å². The second-order valence-corrected chi connectivity index (χ2v) is 4.02. The van der Waals surface area contributed by atoms with Gasteiger partial charge in [0.05, 0.1) is 0 Å². The Kier molecular flexibility index (Phi) is 4.65. The van der Waals surface area contributed by atoms with Crippen molar-refractivity contribution in [1.82, 2.24) is 4.98 Å². The van der Waals surface area contributed by atoms with Gasteiger partial charge in [-0.1, -0.05) is 6.07 Å². The van der Waals surface area contributed by atoms with Crippen molar-refractivity contribution in [3.63, 3.8) is 0 Å². The highest BCUT2D eigenvalue weighted by molar-refractivity contribution is 6.03. The standard InChI is InChI=1S/C14H13F2N3O2/c1-17-12-4-2-3-11(19-12)13(20)18-9-5-7-10(8-6-9)21-14(15)16/h2-8,14H,1H3,(H,17,19)(H,18,20). The lowest BCUT2D eigenvalue weighted by Gasteiger charge is -2.08. The zero-order valence-corrected chi connectivity index (χ0v) is 11.1. The first-order valence-corrected chi connectivity index (χ1v) is 6.09. The first kappa shape index (κ1) is 14.7. The van der Waals surface area contributed by atoms with Crippen molar-refractivity contribution in [3.05, 3.63) is 48.2 Å². The molecule has 0 spiro atoms. The minimum absolute atomic E-state index is 0.0262. The van der Waals surface area contributed by atoms with Crippen LogP contribution in [-0.4, -0.2) is 24.6 Å². The van der Waals surface area contributed by atoms with Gasteiger partial charge in [0.15, 0.2) is 0 Å². The molecule has 0 saturated carbocycles. The third-order valence-electron chi connectivity index (χ3n) is 2.58. The van der Waals surface area contributed by atoms with Gasteiger partial charge in [0.25, 0.3) is 5.91 Å². The van der Waals surface area contributed by atoms with Crippen molar-refractivity contribution in [2.75, 3.05) is 17.7 Å². The zero-order valence-electron chi connectivity index (χ0n) is 11.1. The average molecular weight is 293 g/mol. The fourth-order valence-electron chi connectivity index (χ4n) is 1.62. The van der Waals surface area contributed by atoms with Crippen molar-refractivity contribution in [3.8, 4) is 5.75 Å². The Morgan fingerprint density at radius 3 is 2.52 bits per heavy atom. The third kappa shape index (κ3) is 4.13. The largest absolute Gasteiger partial charge is 0.435 e. The van der Waals surface area contributed by atoms with Crippen LogP contribution in [0.2, 0.25) is 0 Å². The van der Waals surface area contributed by atoms with E-state index in [0.29, 0.717) is 11.5 Å². The van der Waals surface area contributed by atoms with Crippen molar-refractivity contribution >= 4 is 17.4 Å². The van der Waals surface area contributed by atoms with E-state index in [-0.39, 0.29) is 11.4 Å². The molecule has 0 radical (unpaired) electrons. The van der Waals surface area contributed by atoms with Gasteiger partial charge in [-0.05, 0) is 36.4 Å². The molecular formula is C14H13F2N3O2. The summed E-state index contributed by atoms with van der Waals surface area (Å²) in [6.07, 6.45) is 0. The van der Waals surface area contributed by atoms with Gasteiger partial charge in [0, 0.05) is 12.7 Å². The van der Waals surface area contributed by atoms with Gasteiger partial charge in [-0.25, -0.2) is 4.98 Å². The monoisotopic (exact) mass is 293 g/mol. The fraction of sp³-hybridized carbons (Fsp3) is 0.143. The van der Waals surface area contributed by atoms with Crippen molar-refractivity contribution < 1.29 is 18.3 Å². The molecule has 0 aliphatic carbocycles. The fourth-order valence-corrected chi connectivity index (χ4v) is 1.62. The van der Waals surface area contributed by atoms with Crippen molar-refractivity contribution in [1.29, 1.82) is 0 Å². The Bertz CT molecular complexity index is 618. The molecule has 2 aromatic rings. The molecule has 2 N–H and O–H groups in total. The lowest BCUT2D eigenvalue weighted by Crippen LogP contribution is -2.14. The van der Waals surface area contributed by atoms with Crippen LogP contribution >= 0.6 is 0 Å². The molecule has 5 nitrogen and oxygen atoms in total. The Morgan fingerprint density at radius 1 is 1.19 bits per heavy atom. The van der Waals surface area contributed by atoms with Crippen molar-refractivity contribution in [2.24, 2.45) is 0 Å². The number of hydrogen-bond acceptors (Lipinski definition) is 4. The topological polar surface area (TPSA) is 63.2 Å². The number of ether oxygens (including phenoxy) is 1. The summed E-state index contributed by atoms with van der Waals surface area (Å²) in [5.74, 6) is 0.205. The Hall–Kier alpha value is -2.70.